The van der Waals surface area contributed by atoms with Crippen molar-refractivity contribution in [3.05, 3.63) is 76.4 Å². The summed E-state index contributed by atoms with van der Waals surface area (Å²) in [6, 6.07) is 16.2. The van der Waals surface area contributed by atoms with Gasteiger partial charge in [-0.2, -0.15) is 0 Å². The third-order valence-corrected chi connectivity index (χ3v) is 3.60. The highest BCUT2D eigenvalue weighted by Gasteiger charge is 2.32. The molecular formula is C17H13ClN2O2. The first-order valence-electron chi connectivity index (χ1n) is 6.77. The number of amides is 3. The molecule has 1 saturated heterocycles. The molecule has 22 heavy (non-hydrogen) atoms. The molecule has 1 heterocycles. The highest BCUT2D eigenvalue weighted by molar-refractivity contribution is 6.30. The SMILES string of the molecule is O=C1NC(=O)N(Cc2ccccc2)C1=Cc1ccc(Cl)cc1. The smallest absolute Gasteiger partial charge is 0.284 e. The topological polar surface area (TPSA) is 49.4 Å². The summed E-state index contributed by atoms with van der Waals surface area (Å²) in [6.07, 6.45) is 1.68. The Kier molecular flexibility index (Phi) is 3.94. The van der Waals surface area contributed by atoms with Gasteiger partial charge in [0.15, 0.2) is 0 Å². The van der Waals surface area contributed by atoms with Crippen molar-refractivity contribution < 1.29 is 9.59 Å². The van der Waals surface area contributed by atoms with Crippen molar-refractivity contribution in [2.45, 2.75) is 6.54 Å². The van der Waals surface area contributed by atoms with Crippen LogP contribution in [0.25, 0.3) is 6.08 Å². The molecule has 2 aromatic rings. The monoisotopic (exact) mass is 312 g/mol. The molecule has 1 aliphatic rings. The standard InChI is InChI=1S/C17H13ClN2O2/c18-14-8-6-12(7-9-14)10-15-16(21)19-17(22)20(15)11-13-4-2-1-3-5-13/h1-10H,11H2,(H,19,21,22). The van der Waals surface area contributed by atoms with Gasteiger partial charge in [-0.1, -0.05) is 54.1 Å². The summed E-state index contributed by atoms with van der Waals surface area (Å²) in [6.45, 7) is 0.345. The van der Waals surface area contributed by atoms with E-state index in [0.717, 1.165) is 11.1 Å². The zero-order valence-corrected chi connectivity index (χ0v) is 12.4. The molecular weight excluding hydrogens is 300 g/mol. The van der Waals surface area contributed by atoms with E-state index in [1.165, 1.54) is 4.90 Å². The van der Waals surface area contributed by atoms with Crippen LogP contribution in [-0.2, 0) is 11.3 Å². The van der Waals surface area contributed by atoms with Crippen LogP contribution in [0.3, 0.4) is 0 Å². The number of imide groups is 1. The number of nitrogens with zero attached hydrogens (tertiary/aromatic N) is 1. The molecule has 0 aliphatic carbocycles. The van der Waals surface area contributed by atoms with Crippen molar-refractivity contribution in [3.8, 4) is 0 Å². The van der Waals surface area contributed by atoms with Gasteiger partial charge in [-0.3, -0.25) is 15.0 Å². The number of carbonyl (C=O) groups is 2. The second kappa shape index (κ2) is 6.03. The quantitative estimate of drug-likeness (QED) is 0.697. The van der Waals surface area contributed by atoms with Crippen LogP contribution in [-0.4, -0.2) is 16.8 Å². The Morgan fingerprint density at radius 2 is 1.68 bits per heavy atom. The molecule has 1 fully saturated rings. The summed E-state index contributed by atoms with van der Waals surface area (Å²) in [4.78, 5) is 25.4. The van der Waals surface area contributed by atoms with Gasteiger partial charge in [0.2, 0.25) is 0 Å². The van der Waals surface area contributed by atoms with E-state index in [4.69, 9.17) is 11.6 Å². The summed E-state index contributed by atoms with van der Waals surface area (Å²) in [5.41, 5.74) is 2.09. The molecule has 0 atom stereocenters. The van der Waals surface area contributed by atoms with Crippen molar-refractivity contribution in [2.24, 2.45) is 0 Å². The highest BCUT2D eigenvalue weighted by atomic mass is 35.5. The Hall–Kier alpha value is -2.59. The number of urea groups is 1. The van der Waals surface area contributed by atoms with Gasteiger partial charge < -0.3 is 0 Å². The molecule has 110 valence electrons. The van der Waals surface area contributed by atoms with Crippen molar-refractivity contribution in [1.82, 2.24) is 10.2 Å². The van der Waals surface area contributed by atoms with E-state index < -0.39 is 11.9 Å². The molecule has 0 bridgehead atoms. The van der Waals surface area contributed by atoms with Crippen molar-refractivity contribution >= 4 is 29.6 Å². The molecule has 3 amide bonds. The van der Waals surface area contributed by atoms with E-state index >= 15 is 0 Å². The fraction of sp³-hybridized carbons (Fsp3) is 0.0588. The van der Waals surface area contributed by atoms with Gasteiger partial charge in [0, 0.05) is 5.02 Å². The maximum Gasteiger partial charge on any atom is 0.329 e. The van der Waals surface area contributed by atoms with Crippen LogP contribution in [0.15, 0.2) is 60.3 Å². The summed E-state index contributed by atoms with van der Waals surface area (Å²) in [5, 5.41) is 2.94. The average molecular weight is 313 g/mol. The molecule has 1 aliphatic heterocycles. The van der Waals surface area contributed by atoms with Crippen LogP contribution in [0.1, 0.15) is 11.1 Å². The molecule has 0 radical (unpaired) electrons. The van der Waals surface area contributed by atoms with Crippen LogP contribution < -0.4 is 5.32 Å². The summed E-state index contributed by atoms with van der Waals surface area (Å²) < 4.78 is 0. The van der Waals surface area contributed by atoms with Gasteiger partial charge in [-0.25, -0.2) is 4.79 Å². The largest absolute Gasteiger partial charge is 0.329 e. The Morgan fingerprint density at radius 3 is 2.36 bits per heavy atom. The maximum atomic E-state index is 12.0. The third kappa shape index (κ3) is 3.02. The fourth-order valence-electron chi connectivity index (χ4n) is 2.24. The van der Waals surface area contributed by atoms with Crippen molar-refractivity contribution in [1.29, 1.82) is 0 Å². The normalized spacial score (nSPS) is 16.2. The van der Waals surface area contributed by atoms with Crippen molar-refractivity contribution in [2.75, 3.05) is 0 Å². The highest BCUT2D eigenvalue weighted by Crippen LogP contribution is 2.20. The molecule has 0 aromatic heterocycles. The number of carbonyl (C=O) groups excluding carboxylic acids is 2. The Labute approximate surface area is 133 Å². The van der Waals surface area contributed by atoms with Crippen LogP contribution in [0.2, 0.25) is 5.02 Å². The predicted molar refractivity (Wildman–Crippen MR) is 85.0 cm³/mol. The van der Waals surface area contributed by atoms with E-state index in [9.17, 15) is 9.59 Å². The number of rotatable bonds is 3. The van der Waals surface area contributed by atoms with Crippen LogP contribution in [0.5, 0.6) is 0 Å². The van der Waals surface area contributed by atoms with Gasteiger partial charge in [-0.05, 0) is 29.3 Å². The molecule has 0 unspecified atom stereocenters. The van der Waals surface area contributed by atoms with Gasteiger partial charge in [-0.15, -0.1) is 0 Å². The first-order valence-corrected chi connectivity index (χ1v) is 7.15. The van der Waals surface area contributed by atoms with E-state index in [1.54, 1.807) is 30.3 Å². The Bertz CT molecular complexity index is 739. The Balaban J connectivity index is 1.91. The number of nitrogens with one attached hydrogen (secondary N) is 1. The van der Waals surface area contributed by atoms with E-state index in [0.29, 0.717) is 17.3 Å². The first-order chi connectivity index (χ1) is 10.6. The number of hydrogen-bond acceptors (Lipinski definition) is 2. The molecule has 5 heteroatoms. The molecule has 2 aromatic carbocycles. The van der Waals surface area contributed by atoms with E-state index in [2.05, 4.69) is 5.32 Å². The van der Waals surface area contributed by atoms with Gasteiger partial charge in [0.25, 0.3) is 5.91 Å². The Morgan fingerprint density at radius 1 is 1.00 bits per heavy atom. The van der Waals surface area contributed by atoms with Crippen LogP contribution in [0, 0.1) is 0 Å². The number of hydrogen-bond donors (Lipinski definition) is 1. The van der Waals surface area contributed by atoms with Crippen molar-refractivity contribution in [3.63, 3.8) is 0 Å². The van der Waals surface area contributed by atoms with Crippen LogP contribution >= 0.6 is 11.6 Å². The van der Waals surface area contributed by atoms with E-state index in [-0.39, 0.29) is 0 Å². The molecule has 0 saturated carbocycles. The summed E-state index contributed by atoms with van der Waals surface area (Å²) in [7, 11) is 0. The predicted octanol–water partition coefficient (Wildman–Crippen LogP) is 3.43. The number of halogens is 1. The number of benzene rings is 2. The average Bonchev–Trinajstić information content (AvgIpc) is 2.77. The molecule has 3 rings (SSSR count). The molecule has 1 N–H and O–H groups in total. The van der Waals surface area contributed by atoms with E-state index in [1.807, 2.05) is 30.3 Å². The lowest BCUT2D eigenvalue weighted by molar-refractivity contribution is -0.116. The maximum absolute atomic E-state index is 12.0. The lowest BCUT2D eigenvalue weighted by Crippen LogP contribution is -2.27. The molecule has 0 spiro atoms. The lowest BCUT2D eigenvalue weighted by atomic mass is 10.1. The van der Waals surface area contributed by atoms with Gasteiger partial charge in [0.05, 0.1) is 6.54 Å². The summed E-state index contributed by atoms with van der Waals surface area (Å²) >= 11 is 5.85. The van der Waals surface area contributed by atoms with Gasteiger partial charge >= 0.3 is 6.03 Å². The minimum atomic E-state index is -0.408. The lowest BCUT2D eigenvalue weighted by Gasteiger charge is -2.15. The second-order valence-electron chi connectivity index (χ2n) is 4.91. The minimum absolute atomic E-state index is 0.330. The zero-order valence-electron chi connectivity index (χ0n) is 11.6. The first kappa shape index (κ1) is 14.4. The molecule has 4 nitrogen and oxygen atoms in total. The third-order valence-electron chi connectivity index (χ3n) is 3.35. The van der Waals surface area contributed by atoms with Crippen LogP contribution in [0.4, 0.5) is 4.79 Å². The van der Waals surface area contributed by atoms with Gasteiger partial charge in [0.1, 0.15) is 5.70 Å². The summed E-state index contributed by atoms with van der Waals surface area (Å²) in [5.74, 6) is -0.393. The fourth-order valence-corrected chi connectivity index (χ4v) is 2.37. The minimum Gasteiger partial charge on any atom is -0.284 e. The zero-order chi connectivity index (χ0) is 15.5. The second-order valence-corrected chi connectivity index (χ2v) is 5.35.